The highest BCUT2D eigenvalue weighted by Gasteiger charge is 2.43. The number of hydrogen-bond donors (Lipinski definition) is 1. The van der Waals surface area contributed by atoms with Crippen molar-refractivity contribution in [2.45, 2.75) is 90.1 Å². The Labute approximate surface area is 155 Å². The van der Waals surface area contributed by atoms with Gasteiger partial charge in [0.1, 0.15) is 6.29 Å². The average molecular weight is 367 g/mol. The molecule has 0 radical (unpaired) electrons. The number of aldehydes is 1. The molecule has 4 heteroatoms. The van der Waals surface area contributed by atoms with Crippen molar-refractivity contribution < 1.29 is 14.3 Å². The average Bonchev–Trinajstić information content (AvgIpc) is 2.86. The Hall–Kier alpha value is -0.713. The maximum Gasteiger partial charge on any atom is 0.192 e. The lowest BCUT2D eigenvalue weighted by molar-refractivity contribution is -0.109. The zero-order chi connectivity index (χ0) is 19.1. The van der Waals surface area contributed by atoms with E-state index in [0.29, 0.717) is 6.42 Å². The minimum absolute atomic E-state index is 0.0579. The van der Waals surface area contributed by atoms with E-state index in [9.17, 15) is 9.90 Å². The van der Waals surface area contributed by atoms with Crippen LogP contribution in [0.3, 0.4) is 0 Å². The summed E-state index contributed by atoms with van der Waals surface area (Å²) in [4.78, 5) is 11.0. The van der Waals surface area contributed by atoms with E-state index in [-0.39, 0.29) is 23.0 Å². The molecule has 1 aliphatic rings. The van der Waals surface area contributed by atoms with Crippen LogP contribution < -0.4 is 0 Å². The number of carbonyl (C=O) groups is 1. The van der Waals surface area contributed by atoms with Gasteiger partial charge in [0.15, 0.2) is 8.32 Å². The molecule has 1 N–H and O–H groups in total. The van der Waals surface area contributed by atoms with Crippen molar-refractivity contribution in [3.05, 3.63) is 24.3 Å². The van der Waals surface area contributed by atoms with E-state index < -0.39 is 14.4 Å². The number of rotatable bonds is 10. The Morgan fingerprint density at radius 1 is 1.24 bits per heavy atom. The quantitative estimate of drug-likeness (QED) is 0.248. The second kappa shape index (κ2) is 9.84. The second-order valence-electron chi connectivity index (χ2n) is 8.79. The van der Waals surface area contributed by atoms with Crippen LogP contribution in [0.1, 0.15) is 59.8 Å². The molecule has 0 aliphatic heterocycles. The minimum Gasteiger partial charge on any atom is -0.410 e. The summed E-state index contributed by atoms with van der Waals surface area (Å²) >= 11 is 0. The largest absolute Gasteiger partial charge is 0.410 e. The van der Waals surface area contributed by atoms with Gasteiger partial charge in [-0.3, -0.25) is 0 Å². The zero-order valence-electron chi connectivity index (χ0n) is 17.0. The van der Waals surface area contributed by atoms with E-state index in [2.05, 4.69) is 52.9 Å². The smallest absolute Gasteiger partial charge is 0.192 e. The highest BCUT2D eigenvalue weighted by atomic mass is 28.4. The molecule has 0 bridgehead atoms. The first-order valence-electron chi connectivity index (χ1n) is 9.78. The summed E-state index contributed by atoms with van der Waals surface area (Å²) < 4.78 is 6.68. The Bertz CT molecular complexity index is 462. The first-order chi connectivity index (χ1) is 11.6. The maximum absolute atomic E-state index is 11.0. The molecule has 0 fully saturated rings. The molecule has 25 heavy (non-hydrogen) atoms. The molecular weight excluding hydrogens is 328 g/mol. The SMILES string of the molecule is CCCCC/C=C/C(O[Si](C)(C)C(C)(C)C)[C@H]1[C@H](O)C=C[C@@H]1CC=O. The minimum atomic E-state index is -1.97. The van der Waals surface area contributed by atoms with E-state index in [1.54, 1.807) is 0 Å². The monoisotopic (exact) mass is 366 g/mol. The van der Waals surface area contributed by atoms with Crippen molar-refractivity contribution in [3.8, 4) is 0 Å². The number of hydrogen-bond acceptors (Lipinski definition) is 3. The highest BCUT2D eigenvalue weighted by molar-refractivity contribution is 6.74. The van der Waals surface area contributed by atoms with Crippen molar-refractivity contribution in [1.82, 2.24) is 0 Å². The fraction of sp³-hybridized carbons (Fsp3) is 0.762. The number of allylic oxidation sites excluding steroid dienone is 2. The van der Waals surface area contributed by atoms with E-state index >= 15 is 0 Å². The number of aliphatic hydroxyl groups excluding tert-OH is 1. The van der Waals surface area contributed by atoms with Gasteiger partial charge in [-0.2, -0.15) is 0 Å². The van der Waals surface area contributed by atoms with Crippen LogP contribution in [0.5, 0.6) is 0 Å². The lowest BCUT2D eigenvalue weighted by Gasteiger charge is -2.41. The summed E-state index contributed by atoms with van der Waals surface area (Å²) in [6.07, 6.45) is 13.5. The van der Waals surface area contributed by atoms with Gasteiger partial charge in [0.05, 0.1) is 12.2 Å². The summed E-state index contributed by atoms with van der Waals surface area (Å²) in [5.41, 5.74) is 0. The van der Waals surface area contributed by atoms with Crippen LogP contribution in [0.2, 0.25) is 18.1 Å². The van der Waals surface area contributed by atoms with E-state index in [0.717, 1.165) is 12.7 Å². The van der Waals surface area contributed by atoms with Gasteiger partial charge in [0.25, 0.3) is 0 Å². The summed E-state index contributed by atoms with van der Waals surface area (Å²) in [6, 6.07) is 0. The normalized spacial score (nSPS) is 25.6. The maximum atomic E-state index is 11.0. The van der Waals surface area contributed by atoms with Gasteiger partial charge in [-0.1, -0.05) is 64.8 Å². The van der Waals surface area contributed by atoms with Gasteiger partial charge < -0.3 is 14.3 Å². The Kier molecular flexibility index (Phi) is 8.79. The molecule has 3 nitrogen and oxygen atoms in total. The zero-order valence-corrected chi connectivity index (χ0v) is 18.0. The molecule has 0 aromatic rings. The van der Waals surface area contributed by atoms with Crippen LogP contribution in [0.4, 0.5) is 0 Å². The van der Waals surface area contributed by atoms with Crippen LogP contribution in [0.15, 0.2) is 24.3 Å². The van der Waals surface area contributed by atoms with Crippen LogP contribution in [-0.2, 0) is 9.22 Å². The molecule has 0 aromatic carbocycles. The number of aliphatic hydroxyl groups is 1. The molecule has 1 rings (SSSR count). The molecular formula is C21H38O3Si. The van der Waals surface area contributed by atoms with E-state index in [4.69, 9.17) is 4.43 Å². The summed E-state index contributed by atoms with van der Waals surface area (Å²) in [6.45, 7) is 13.4. The number of carbonyl (C=O) groups excluding carboxylic acids is 1. The first kappa shape index (κ1) is 22.3. The van der Waals surface area contributed by atoms with Crippen LogP contribution >= 0.6 is 0 Å². The van der Waals surface area contributed by atoms with Crippen LogP contribution in [0.25, 0.3) is 0 Å². The van der Waals surface area contributed by atoms with Crippen molar-refractivity contribution in [3.63, 3.8) is 0 Å². The van der Waals surface area contributed by atoms with Gasteiger partial charge in [-0.05, 0) is 36.9 Å². The van der Waals surface area contributed by atoms with Crippen molar-refractivity contribution in [2.75, 3.05) is 0 Å². The molecule has 1 unspecified atom stereocenters. The summed E-state index contributed by atoms with van der Waals surface area (Å²) in [5.74, 6) is -0.00990. The molecule has 0 amide bonds. The second-order valence-corrected chi connectivity index (χ2v) is 13.5. The lowest BCUT2D eigenvalue weighted by Crippen LogP contribution is -2.47. The third-order valence-electron chi connectivity index (χ3n) is 5.73. The van der Waals surface area contributed by atoms with Gasteiger partial charge in [0, 0.05) is 12.3 Å². The summed E-state index contributed by atoms with van der Waals surface area (Å²) in [7, 11) is -1.97. The predicted octanol–water partition coefficient (Wildman–Crippen LogP) is 5.27. The van der Waals surface area contributed by atoms with Gasteiger partial charge in [-0.15, -0.1) is 0 Å². The molecule has 0 heterocycles. The van der Waals surface area contributed by atoms with Gasteiger partial charge >= 0.3 is 0 Å². The summed E-state index contributed by atoms with van der Waals surface area (Å²) in [5, 5.41) is 10.6. The molecule has 4 atom stereocenters. The van der Waals surface area contributed by atoms with Gasteiger partial charge in [0.2, 0.25) is 0 Å². The fourth-order valence-corrected chi connectivity index (χ4v) is 4.33. The highest BCUT2D eigenvalue weighted by Crippen LogP contribution is 2.41. The molecule has 0 aromatic heterocycles. The lowest BCUT2D eigenvalue weighted by atomic mass is 9.86. The predicted molar refractivity (Wildman–Crippen MR) is 108 cm³/mol. The Balaban J connectivity index is 2.96. The topological polar surface area (TPSA) is 46.5 Å². The molecule has 0 saturated carbocycles. The Morgan fingerprint density at radius 3 is 2.48 bits per heavy atom. The Morgan fingerprint density at radius 2 is 1.92 bits per heavy atom. The molecule has 1 aliphatic carbocycles. The van der Waals surface area contributed by atoms with E-state index in [1.807, 2.05) is 12.2 Å². The standard InChI is InChI=1S/C21H38O3Si/c1-7-8-9-10-11-12-19(24-25(5,6)21(2,3)4)20-17(15-16-22)13-14-18(20)23/h11-14,16-20,23H,7-10,15H2,1-6H3/b12-11+/t17-,18-,19?,20-/m1/s1. The number of unbranched alkanes of at least 4 members (excludes halogenated alkanes) is 3. The molecule has 144 valence electrons. The van der Waals surface area contributed by atoms with Crippen molar-refractivity contribution in [1.29, 1.82) is 0 Å². The van der Waals surface area contributed by atoms with E-state index in [1.165, 1.54) is 19.3 Å². The van der Waals surface area contributed by atoms with Crippen LogP contribution in [0, 0.1) is 11.8 Å². The van der Waals surface area contributed by atoms with Crippen molar-refractivity contribution >= 4 is 14.6 Å². The van der Waals surface area contributed by atoms with Gasteiger partial charge in [-0.25, -0.2) is 0 Å². The van der Waals surface area contributed by atoms with Crippen molar-refractivity contribution in [2.24, 2.45) is 11.8 Å². The third-order valence-corrected chi connectivity index (χ3v) is 10.2. The molecule has 0 saturated heterocycles. The third kappa shape index (κ3) is 6.50. The fourth-order valence-electron chi connectivity index (χ4n) is 3.06. The molecule has 0 spiro atoms. The first-order valence-corrected chi connectivity index (χ1v) is 12.7. The van der Waals surface area contributed by atoms with Crippen LogP contribution in [-0.4, -0.2) is 31.9 Å².